The Kier molecular flexibility index (Phi) is 5.07. The van der Waals surface area contributed by atoms with Gasteiger partial charge in [-0.1, -0.05) is 23.2 Å². The molecule has 1 aromatic rings. The molecule has 0 saturated carbocycles. The summed E-state index contributed by atoms with van der Waals surface area (Å²) in [6.07, 6.45) is 0.400. The van der Waals surface area contributed by atoms with Gasteiger partial charge in [-0.25, -0.2) is 9.18 Å². The van der Waals surface area contributed by atoms with E-state index in [2.05, 4.69) is 5.32 Å². The number of ether oxygens (including phenoxy) is 1. The first-order valence-corrected chi connectivity index (χ1v) is 7.80. The third-order valence-electron chi connectivity index (χ3n) is 3.20. The van der Waals surface area contributed by atoms with Gasteiger partial charge in [0.2, 0.25) is 0 Å². The van der Waals surface area contributed by atoms with Crippen LogP contribution in [0.3, 0.4) is 0 Å². The fourth-order valence-corrected chi connectivity index (χ4v) is 2.82. The van der Waals surface area contributed by atoms with Gasteiger partial charge in [-0.2, -0.15) is 0 Å². The van der Waals surface area contributed by atoms with Gasteiger partial charge in [-0.15, -0.1) is 0 Å². The highest BCUT2D eigenvalue weighted by molar-refractivity contribution is 6.39. The molecule has 22 heavy (non-hydrogen) atoms. The first-order chi connectivity index (χ1) is 10.2. The van der Waals surface area contributed by atoms with Crippen LogP contribution in [0.4, 0.5) is 14.9 Å². The van der Waals surface area contributed by atoms with E-state index >= 15 is 0 Å². The van der Waals surface area contributed by atoms with Gasteiger partial charge in [0.05, 0.1) is 15.7 Å². The summed E-state index contributed by atoms with van der Waals surface area (Å²) in [7, 11) is 0. The highest BCUT2D eigenvalue weighted by Gasteiger charge is 2.30. The maximum atomic E-state index is 13.2. The molecule has 2 rings (SSSR count). The smallest absolute Gasteiger partial charge is 0.410 e. The predicted octanol–water partition coefficient (Wildman–Crippen LogP) is 4.55. The topological polar surface area (TPSA) is 41.6 Å². The van der Waals surface area contributed by atoms with Crippen LogP contribution in [-0.2, 0) is 4.74 Å². The molecule has 1 aliphatic rings. The van der Waals surface area contributed by atoms with E-state index in [1.165, 1.54) is 12.1 Å². The van der Waals surface area contributed by atoms with E-state index in [-0.39, 0.29) is 22.2 Å². The molecular formula is C15H19Cl2FN2O2. The summed E-state index contributed by atoms with van der Waals surface area (Å²) in [6, 6.07) is 2.40. The summed E-state index contributed by atoms with van der Waals surface area (Å²) in [5.41, 5.74) is -0.0348. The zero-order valence-electron chi connectivity index (χ0n) is 12.8. The average molecular weight is 349 g/mol. The molecule has 122 valence electrons. The maximum Gasteiger partial charge on any atom is 0.410 e. The molecular weight excluding hydrogens is 330 g/mol. The summed E-state index contributed by atoms with van der Waals surface area (Å²) in [5, 5.41) is 3.62. The molecule has 0 bridgehead atoms. The van der Waals surface area contributed by atoms with Crippen LogP contribution in [0.1, 0.15) is 27.2 Å². The van der Waals surface area contributed by atoms with Gasteiger partial charge < -0.3 is 15.0 Å². The number of carbonyl (C=O) groups is 1. The summed E-state index contributed by atoms with van der Waals surface area (Å²) < 4.78 is 18.5. The molecule has 1 unspecified atom stereocenters. The highest BCUT2D eigenvalue weighted by Crippen LogP contribution is 2.33. The van der Waals surface area contributed by atoms with E-state index in [0.29, 0.717) is 18.8 Å². The zero-order valence-corrected chi connectivity index (χ0v) is 14.3. The second kappa shape index (κ2) is 6.50. The summed E-state index contributed by atoms with van der Waals surface area (Å²) in [6.45, 7) is 6.56. The minimum atomic E-state index is -0.522. The molecule has 1 atom stereocenters. The Morgan fingerprint density at radius 3 is 2.50 bits per heavy atom. The largest absolute Gasteiger partial charge is 0.444 e. The Bertz CT molecular complexity index is 552. The lowest BCUT2D eigenvalue weighted by molar-refractivity contribution is 0.0293. The number of nitrogens with zero attached hydrogens (tertiary/aromatic N) is 1. The van der Waals surface area contributed by atoms with Crippen molar-refractivity contribution in [2.75, 3.05) is 18.4 Å². The van der Waals surface area contributed by atoms with Crippen molar-refractivity contribution in [3.63, 3.8) is 0 Å². The van der Waals surface area contributed by atoms with Gasteiger partial charge in [-0.05, 0) is 39.3 Å². The number of nitrogens with one attached hydrogen (secondary N) is 1. The average Bonchev–Trinajstić information content (AvgIpc) is 2.80. The second-order valence-electron chi connectivity index (χ2n) is 6.30. The van der Waals surface area contributed by atoms with Gasteiger partial charge in [0.15, 0.2) is 0 Å². The first-order valence-electron chi connectivity index (χ1n) is 7.05. The molecule has 1 saturated heterocycles. The molecule has 1 aliphatic heterocycles. The Labute approximate surface area is 139 Å². The van der Waals surface area contributed by atoms with Crippen molar-refractivity contribution in [1.82, 2.24) is 4.90 Å². The van der Waals surface area contributed by atoms with Crippen LogP contribution in [0.25, 0.3) is 0 Å². The van der Waals surface area contributed by atoms with Crippen LogP contribution in [0, 0.1) is 5.82 Å². The number of halogens is 3. The van der Waals surface area contributed by atoms with Gasteiger partial charge in [0.25, 0.3) is 0 Å². The molecule has 0 aromatic heterocycles. The number of hydrogen-bond donors (Lipinski definition) is 1. The molecule has 0 spiro atoms. The van der Waals surface area contributed by atoms with E-state index in [9.17, 15) is 9.18 Å². The van der Waals surface area contributed by atoms with Crippen molar-refractivity contribution in [1.29, 1.82) is 0 Å². The predicted molar refractivity (Wildman–Crippen MR) is 86.3 cm³/mol. The van der Waals surface area contributed by atoms with Crippen LogP contribution >= 0.6 is 23.2 Å². The summed E-state index contributed by atoms with van der Waals surface area (Å²) in [5.74, 6) is -0.484. The van der Waals surface area contributed by atoms with Crippen LogP contribution in [0.2, 0.25) is 10.0 Å². The number of anilines is 1. The Morgan fingerprint density at radius 1 is 1.36 bits per heavy atom. The molecule has 0 aliphatic carbocycles. The molecule has 1 N–H and O–H groups in total. The van der Waals surface area contributed by atoms with E-state index < -0.39 is 11.4 Å². The number of benzene rings is 1. The molecule has 4 nitrogen and oxygen atoms in total. The van der Waals surface area contributed by atoms with Gasteiger partial charge in [0.1, 0.15) is 11.4 Å². The van der Waals surface area contributed by atoms with E-state index in [1.54, 1.807) is 4.90 Å². The maximum absolute atomic E-state index is 13.2. The number of amides is 1. The molecule has 1 heterocycles. The standard InChI is InChI=1S/C15H19Cl2FN2O2/c1-15(2,3)22-14(21)20-5-4-10(8-20)19-13-11(16)6-9(18)7-12(13)17/h6-7,10,19H,4-5,8H2,1-3H3. The fraction of sp³-hybridized carbons (Fsp3) is 0.533. The van der Waals surface area contributed by atoms with Crippen LogP contribution < -0.4 is 5.32 Å². The lowest BCUT2D eigenvalue weighted by Gasteiger charge is -2.24. The van der Waals surface area contributed by atoms with Crippen molar-refractivity contribution in [2.45, 2.75) is 38.8 Å². The molecule has 1 fully saturated rings. The van der Waals surface area contributed by atoms with E-state index in [4.69, 9.17) is 27.9 Å². The van der Waals surface area contributed by atoms with E-state index in [0.717, 1.165) is 6.42 Å². The van der Waals surface area contributed by atoms with Crippen molar-refractivity contribution in [3.8, 4) is 0 Å². The minimum absolute atomic E-state index is 0.00650. The monoisotopic (exact) mass is 348 g/mol. The molecule has 7 heteroatoms. The van der Waals surface area contributed by atoms with Gasteiger partial charge >= 0.3 is 6.09 Å². The van der Waals surface area contributed by atoms with Crippen molar-refractivity contribution in [2.24, 2.45) is 0 Å². The number of carbonyl (C=O) groups excluding carboxylic acids is 1. The van der Waals surface area contributed by atoms with Gasteiger partial charge in [0, 0.05) is 19.1 Å². The quantitative estimate of drug-likeness (QED) is 0.851. The summed E-state index contributed by atoms with van der Waals surface area (Å²) >= 11 is 12.0. The third kappa shape index (κ3) is 4.40. The Hall–Kier alpha value is -1.20. The number of hydrogen-bond acceptors (Lipinski definition) is 3. The lowest BCUT2D eigenvalue weighted by Crippen LogP contribution is -2.36. The molecule has 1 amide bonds. The molecule has 0 radical (unpaired) electrons. The van der Waals surface area contributed by atoms with Crippen LogP contribution in [0.15, 0.2) is 12.1 Å². The molecule has 1 aromatic carbocycles. The first kappa shape index (κ1) is 17.2. The zero-order chi connectivity index (χ0) is 16.5. The Morgan fingerprint density at radius 2 is 1.95 bits per heavy atom. The van der Waals surface area contributed by atoms with Crippen molar-refractivity contribution in [3.05, 3.63) is 28.0 Å². The second-order valence-corrected chi connectivity index (χ2v) is 7.12. The third-order valence-corrected chi connectivity index (χ3v) is 3.79. The van der Waals surface area contributed by atoms with E-state index in [1.807, 2.05) is 20.8 Å². The SMILES string of the molecule is CC(C)(C)OC(=O)N1CCC(Nc2c(Cl)cc(F)cc2Cl)C1. The summed E-state index contributed by atoms with van der Waals surface area (Å²) in [4.78, 5) is 13.6. The van der Waals surface area contributed by atoms with Crippen molar-refractivity contribution >= 4 is 35.0 Å². The lowest BCUT2D eigenvalue weighted by atomic mass is 10.2. The van der Waals surface area contributed by atoms with Crippen LogP contribution in [-0.4, -0.2) is 35.7 Å². The fourth-order valence-electron chi connectivity index (χ4n) is 2.25. The number of likely N-dealkylation sites (tertiary alicyclic amines) is 1. The minimum Gasteiger partial charge on any atom is -0.444 e. The van der Waals surface area contributed by atoms with Crippen molar-refractivity contribution < 1.29 is 13.9 Å². The Balaban J connectivity index is 1.99. The van der Waals surface area contributed by atoms with Crippen LogP contribution in [0.5, 0.6) is 0 Å². The number of rotatable bonds is 2. The normalized spacial score (nSPS) is 18.5. The highest BCUT2D eigenvalue weighted by atomic mass is 35.5. The van der Waals surface area contributed by atoms with Gasteiger partial charge in [-0.3, -0.25) is 0 Å².